The van der Waals surface area contributed by atoms with Crippen molar-refractivity contribution in [3.63, 3.8) is 0 Å². The van der Waals surface area contributed by atoms with Crippen LogP contribution in [0, 0.1) is 0 Å². The minimum absolute atomic E-state index is 0.371. The Morgan fingerprint density at radius 1 is 1.31 bits per heavy atom. The predicted molar refractivity (Wildman–Crippen MR) is 63.2 cm³/mol. The third-order valence-electron chi connectivity index (χ3n) is 2.44. The molecule has 0 spiro atoms. The number of nitrogens with zero attached hydrogens (tertiary/aromatic N) is 1. The van der Waals surface area contributed by atoms with Gasteiger partial charge in [-0.2, -0.15) is 0 Å². The average molecular weight is 234 g/mol. The molecule has 3 rings (SSSR count). The zero-order valence-corrected chi connectivity index (χ0v) is 8.95. The summed E-state index contributed by atoms with van der Waals surface area (Å²) in [6, 6.07) is 7.49. The molecule has 0 aliphatic rings. The van der Waals surface area contributed by atoms with E-state index in [9.17, 15) is 0 Å². The van der Waals surface area contributed by atoms with E-state index in [0.717, 1.165) is 16.5 Å². The second-order valence-corrected chi connectivity index (χ2v) is 3.92. The first-order valence-corrected chi connectivity index (χ1v) is 5.11. The molecule has 0 aliphatic carbocycles. The summed E-state index contributed by atoms with van der Waals surface area (Å²) in [5.41, 5.74) is 7.39. The van der Waals surface area contributed by atoms with Gasteiger partial charge in [-0.15, -0.1) is 0 Å². The summed E-state index contributed by atoms with van der Waals surface area (Å²) >= 11 is 6.04. The van der Waals surface area contributed by atoms with E-state index in [1.54, 1.807) is 12.3 Å². The zero-order chi connectivity index (χ0) is 11.1. The van der Waals surface area contributed by atoms with Crippen LogP contribution in [0.5, 0.6) is 0 Å². The number of halogens is 1. The highest BCUT2D eigenvalue weighted by Crippen LogP contribution is 2.29. The number of hydrogen-bond acceptors (Lipinski definition) is 3. The standard InChI is InChI=1S/C11H8ClN3O/c12-8-5-14-9-2-1-6(3-7(8)9)10-4-11(13)15-16-10/h1-5,14H,(H2,13,15). The Kier molecular flexibility index (Phi) is 1.91. The normalized spacial score (nSPS) is 11.1. The molecule has 4 nitrogen and oxygen atoms in total. The van der Waals surface area contributed by atoms with Crippen molar-refractivity contribution < 1.29 is 4.52 Å². The fourth-order valence-electron chi connectivity index (χ4n) is 1.66. The summed E-state index contributed by atoms with van der Waals surface area (Å²) in [6.45, 7) is 0. The van der Waals surface area contributed by atoms with E-state index < -0.39 is 0 Å². The van der Waals surface area contributed by atoms with Crippen molar-refractivity contribution in [2.45, 2.75) is 0 Å². The minimum atomic E-state index is 0.371. The number of fused-ring (bicyclic) bond motifs is 1. The van der Waals surface area contributed by atoms with Gasteiger partial charge in [-0.3, -0.25) is 0 Å². The van der Waals surface area contributed by atoms with Crippen LogP contribution in [0.15, 0.2) is 35.0 Å². The largest absolute Gasteiger partial charge is 0.381 e. The Bertz CT molecular complexity index is 656. The first kappa shape index (κ1) is 9.30. The van der Waals surface area contributed by atoms with E-state index in [-0.39, 0.29) is 0 Å². The van der Waals surface area contributed by atoms with Gasteiger partial charge < -0.3 is 15.2 Å². The molecule has 0 saturated heterocycles. The van der Waals surface area contributed by atoms with Crippen LogP contribution in [0.4, 0.5) is 5.82 Å². The summed E-state index contributed by atoms with van der Waals surface area (Å²) in [5, 5.41) is 5.28. The Hall–Kier alpha value is -1.94. The van der Waals surface area contributed by atoms with E-state index in [1.165, 1.54) is 0 Å². The molecule has 16 heavy (non-hydrogen) atoms. The van der Waals surface area contributed by atoms with Crippen molar-refractivity contribution in [2.75, 3.05) is 5.73 Å². The number of nitrogens with two attached hydrogens (primary N) is 1. The van der Waals surface area contributed by atoms with E-state index in [4.69, 9.17) is 21.9 Å². The quantitative estimate of drug-likeness (QED) is 0.679. The second kappa shape index (κ2) is 3.28. The molecule has 0 bridgehead atoms. The monoisotopic (exact) mass is 233 g/mol. The van der Waals surface area contributed by atoms with Gasteiger partial charge in [0.1, 0.15) is 0 Å². The number of nitrogens with one attached hydrogen (secondary N) is 1. The van der Waals surface area contributed by atoms with Gasteiger partial charge in [0.25, 0.3) is 0 Å². The summed E-state index contributed by atoms with van der Waals surface area (Å²) in [5.74, 6) is 1.01. The van der Waals surface area contributed by atoms with Crippen molar-refractivity contribution in [1.29, 1.82) is 0 Å². The van der Waals surface area contributed by atoms with E-state index in [2.05, 4.69) is 10.1 Å². The maximum absolute atomic E-state index is 6.04. The zero-order valence-electron chi connectivity index (χ0n) is 8.20. The SMILES string of the molecule is Nc1cc(-c2ccc3[nH]cc(Cl)c3c2)on1. The van der Waals surface area contributed by atoms with Crippen molar-refractivity contribution in [3.05, 3.63) is 35.5 Å². The number of H-pyrrole nitrogens is 1. The molecule has 3 aromatic rings. The highest BCUT2D eigenvalue weighted by molar-refractivity contribution is 6.35. The fourth-order valence-corrected chi connectivity index (χ4v) is 1.88. The Morgan fingerprint density at radius 3 is 2.94 bits per heavy atom. The molecule has 2 heterocycles. The van der Waals surface area contributed by atoms with Gasteiger partial charge >= 0.3 is 0 Å². The molecule has 2 aromatic heterocycles. The lowest BCUT2D eigenvalue weighted by molar-refractivity contribution is 0.436. The first-order chi connectivity index (χ1) is 7.74. The Balaban J connectivity index is 2.21. The number of aromatic nitrogens is 2. The van der Waals surface area contributed by atoms with Crippen LogP contribution in [0.3, 0.4) is 0 Å². The van der Waals surface area contributed by atoms with Crippen LogP contribution in [0.1, 0.15) is 0 Å². The summed E-state index contributed by atoms with van der Waals surface area (Å²) in [7, 11) is 0. The van der Waals surface area contributed by atoms with Gasteiger partial charge in [0.05, 0.1) is 5.02 Å². The van der Waals surface area contributed by atoms with Crippen LogP contribution in [0.25, 0.3) is 22.2 Å². The molecule has 0 aliphatic heterocycles. The maximum Gasteiger partial charge on any atom is 0.169 e. The van der Waals surface area contributed by atoms with E-state index in [1.807, 2.05) is 18.2 Å². The third kappa shape index (κ3) is 1.35. The minimum Gasteiger partial charge on any atom is -0.381 e. The molecule has 5 heteroatoms. The fraction of sp³-hybridized carbons (Fsp3) is 0. The molecule has 0 atom stereocenters. The number of aromatic amines is 1. The van der Waals surface area contributed by atoms with Crippen LogP contribution in [-0.2, 0) is 0 Å². The molecule has 0 unspecified atom stereocenters. The molecule has 1 aromatic carbocycles. The second-order valence-electron chi connectivity index (χ2n) is 3.51. The van der Waals surface area contributed by atoms with Crippen molar-refractivity contribution in [2.24, 2.45) is 0 Å². The number of benzene rings is 1. The number of anilines is 1. The molecule has 3 N–H and O–H groups in total. The summed E-state index contributed by atoms with van der Waals surface area (Å²) in [4.78, 5) is 3.07. The number of nitrogen functional groups attached to an aromatic ring is 1. The lowest BCUT2D eigenvalue weighted by Gasteiger charge is -1.96. The van der Waals surface area contributed by atoms with Gasteiger partial charge in [0, 0.05) is 28.7 Å². The molecule has 0 amide bonds. The van der Waals surface area contributed by atoms with Gasteiger partial charge in [-0.05, 0) is 18.2 Å². The van der Waals surface area contributed by atoms with Gasteiger partial charge in [0.15, 0.2) is 11.6 Å². The van der Waals surface area contributed by atoms with Crippen LogP contribution >= 0.6 is 11.6 Å². The van der Waals surface area contributed by atoms with Gasteiger partial charge in [0.2, 0.25) is 0 Å². The number of hydrogen-bond donors (Lipinski definition) is 2. The molecule has 0 radical (unpaired) electrons. The average Bonchev–Trinajstić information content (AvgIpc) is 2.86. The van der Waals surface area contributed by atoms with E-state index in [0.29, 0.717) is 16.6 Å². The lowest BCUT2D eigenvalue weighted by Crippen LogP contribution is -1.80. The van der Waals surface area contributed by atoms with Gasteiger partial charge in [-0.25, -0.2) is 0 Å². The molecule has 0 fully saturated rings. The smallest absolute Gasteiger partial charge is 0.169 e. The Labute approximate surface area is 96.0 Å². The highest BCUT2D eigenvalue weighted by atomic mass is 35.5. The maximum atomic E-state index is 6.04. The molecular weight excluding hydrogens is 226 g/mol. The molecule has 80 valence electrons. The van der Waals surface area contributed by atoms with Crippen LogP contribution in [-0.4, -0.2) is 10.1 Å². The van der Waals surface area contributed by atoms with E-state index >= 15 is 0 Å². The van der Waals surface area contributed by atoms with Crippen molar-refractivity contribution >= 4 is 28.3 Å². The van der Waals surface area contributed by atoms with Gasteiger partial charge in [-0.1, -0.05) is 16.8 Å². The highest BCUT2D eigenvalue weighted by Gasteiger charge is 2.07. The van der Waals surface area contributed by atoms with Crippen LogP contribution < -0.4 is 5.73 Å². The molecule has 0 saturated carbocycles. The topological polar surface area (TPSA) is 67.8 Å². The molecular formula is C11H8ClN3O. The lowest BCUT2D eigenvalue weighted by atomic mass is 10.1. The predicted octanol–water partition coefficient (Wildman–Crippen LogP) is 3.06. The summed E-state index contributed by atoms with van der Waals surface area (Å²) in [6.07, 6.45) is 1.75. The number of rotatable bonds is 1. The van der Waals surface area contributed by atoms with Crippen molar-refractivity contribution in [1.82, 2.24) is 10.1 Å². The van der Waals surface area contributed by atoms with Crippen molar-refractivity contribution in [3.8, 4) is 11.3 Å². The Morgan fingerprint density at radius 2 is 2.19 bits per heavy atom. The summed E-state index contributed by atoms with van der Waals surface area (Å²) < 4.78 is 5.09. The van der Waals surface area contributed by atoms with Crippen LogP contribution in [0.2, 0.25) is 5.02 Å². The third-order valence-corrected chi connectivity index (χ3v) is 2.76. The first-order valence-electron chi connectivity index (χ1n) is 4.73.